The number of nitrogens with zero attached hydrogens (tertiary/aromatic N) is 2. The molecule has 0 aliphatic rings. The van der Waals surface area contributed by atoms with Gasteiger partial charge in [0.15, 0.2) is 5.78 Å². The number of hydrogen-bond acceptors (Lipinski definition) is 2. The van der Waals surface area contributed by atoms with Gasteiger partial charge in [-0.3, -0.25) is 4.79 Å². The van der Waals surface area contributed by atoms with Crippen molar-refractivity contribution in [3.8, 4) is 5.69 Å². The number of rotatable bonds is 3. The average molecular weight is 293 g/mol. The van der Waals surface area contributed by atoms with E-state index in [9.17, 15) is 4.79 Å². The van der Waals surface area contributed by atoms with Crippen LogP contribution in [0.25, 0.3) is 5.69 Å². The number of aryl methyl sites for hydroxylation is 1. The third-order valence-corrected chi connectivity index (χ3v) is 3.27. The fourth-order valence-electron chi connectivity index (χ4n) is 1.63. The summed E-state index contributed by atoms with van der Waals surface area (Å²) >= 11 is 3.42. The molecule has 2 aromatic rings. The summed E-state index contributed by atoms with van der Waals surface area (Å²) in [6.07, 6.45) is 1.98. The highest BCUT2D eigenvalue weighted by molar-refractivity contribution is 9.08. The third-order valence-electron chi connectivity index (χ3n) is 2.66. The van der Waals surface area contributed by atoms with Crippen molar-refractivity contribution in [1.82, 2.24) is 9.78 Å². The number of carbonyl (C=O) groups excluding carboxylic acids is 1. The molecular weight excluding hydrogens is 280 g/mol. The van der Waals surface area contributed by atoms with E-state index in [4.69, 9.17) is 0 Å². The van der Waals surface area contributed by atoms with E-state index in [1.54, 1.807) is 11.6 Å². The Morgan fingerprint density at radius 1 is 1.47 bits per heavy atom. The van der Waals surface area contributed by atoms with Gasteiger partial charge in [-0.1, -0.05) is 28.1 Å². The summed E-state index contributed by atoms with van der Waals surface area (Å²) in [4.78, 5) is 11.3. The molecule has 0 saturated heterocycles. The lowest BCUT2D eigenvalue weighted by atomic mass is 10.1. The molecule has 1 heterocycles. The summed E-state index contributed by atoms with van der Waals surface area (Å²) in [5.74, 6) is 0.0662. The maximum absolute atomic E-state index is 11.3. The van der Waals surface area contributed by atoms with Gasteiger partial charge in [0.25, 0.3) is 0 Å². The Kier molecular flexibility index (Phi) is 3.43. The number of Topliss-reactive ketones (excluding diaryl/α,β-unsaturated/α-hetero) is 1. The van der Waals surface area contributed by atoms with Gasteiger partial charge in [0.2, 0.25) is 0 Å². The van der Waals surface area contributed by atoms with E-state index in [0.29, 0.717) is 5.56 Å². The van der Waals surface area contributed by atoms with E-state index in [2.05, 4.69) is 21.0 Å². The first-order chi connectivity index (χ1) is 8.11. The Balaban J connectivity index is 2.45. The van der Waals surface area contributed by atoms with E-state index >= 15 is 0 Å². The molecule has 3 nitrogen and oxygen atoms in total. The van der Waals surface area contributed by atoms with E-state index in [1.807, 2.05) is 37.4 Å². The SMILES string of the molecule is CC(=O)c1cccc(-n2cc(CBr)c(C)n2)c1. The molecule has 1 aromatic carbocycles. The van der Waals surface area contributed by atoms with E-state index in [-0.39, 0.29) is 5.78 Å². The molecule has 0 atom stereocenters. The van der Waals surface area contributed by atoms with E-state index in [1.165, 1.54) is 0 Å². The lowest BCUT2D eigenvalue weighted by molar-refractivity contribution is 0.101. The van der Waals surface area contributed by atoms with Crippen LogP contribution in [0.3, 0.4) is 0 Å². The maximum Gasteiger partial charge on any atom is 0.159 e. The highest BCUT2D eigenvalue weighted by Gasteiger charge is 2.06. The van der Waals surface area contributed by atoms with Crippen molar-refractivity contribution < 1.29 is 4.79 Å². The Labute approximate surface area is 109 Å². The predicted octanol–water partition coefficient (Wildman–Crippen LogP) is 3.28. The Hall–Kier alpha value is -1.42. The molecule has 0 amide bonds. The third kappa shape index (κ3) is 2.47. The van der Waals surface area contributed by atoms with Crippen molar-refractivity contribution in [2.75, 3.05) is 0 Å². The van der Waals surface area contributed by atoms with Crippen LogP contribution in [0.5, 0.6) is 0 Å². The van der Waals surface area contributed by atoms with Gasteiger partial charge in [0.05, 0.1) is 11.4 Å². The van der Waals surface area contributed by atoms with Gasteiger partial charge < -0.3 is 0 Å². The van der Waals surface area contributed by atoms with Crippen LogP contribution in [-0.4, -0.2) is 15.6 Å². The lowest BCUT2D eigenvalue weighted by Crippen LogP contribution is -1.98. The first-order valence-electron chi connectivity index (χ1n) is 5.34. The highest BCUT2D eigenvalue weighted by Crippen LogP contribution is 2.15. The minimum atomic E-state index is 0.0662. The molecule has 1 aromatic heterocycles. The van der Waals surface area contributed by atoms with Crippen molar-refractivity contribution in [3.05, 3.63) is 47.3 Å². The fourth-order valence-corrected chi connectivity index (χ4v) is 2.18. The van der Waals surface area contributed by atoms with Crippen LogP contribution in [0.15, 0.2) is 30.5 Å². The van der Waals surface area contributed by atoms with Crippen LogP contribution in [0.2, 0.25) is 0 Å². The fraction of sp³-hybridized carbons (Fsp3) is 0.231. The van der Waals surface area contributed by atoms with Crippen molar-refractivity contribution in [1.29, 1.82) is 0 Å². The predicted molar refractivity (Wildman–Crippen MR) is 70.9 cm³/mol. The van der Waals surface area contributed by atoms with Crippen molar-refractivity contribution in [2.45, 2.75) is 19.2 Å². The van der Waals surface area contributed by atoms with Crippen LogP contribution in [0.1, 0.15) is 28.5 Å². The van der Waals surface area contributed by atoms with Crippen LogP contribution < -0.4 is 0 Å². The Morgan fingerprint density at radius 3 is 2.82 bits per heavy atom. The number of hydrogen-bond donors (Lipinski definition) is 0. The zero-order chi connectivity index (χ0) is 12.4. The zero-order valence-corrected chi connectivity index (χ0v) is 11.4. The summed E-state index contributed by atoms with van der Waals surface area (Å²) in [7, 11) is 0. The van der Waals surface area contributed by atoms with Crippen LogP contribution >= 0.6 is 15.9 Å². The molecule has 2 rings (SSSR count). The number of carbonyl (C=O) groups is 1. The van der Waals surface area contributed by atoms with E-state index in [0.717, 1.165) is 22.3 Å². The average Bonchev–Trinajstić information content (AvgIpc) is 2.71. The van der Waals surface area contributed by atoms with Crippen molar-refractivity contribution >= 4 is 21.7 Å². The first kappa shape index (κ1) is 12.0. The zero-order valence-electron chi connectivity index (χ0n) is 9.77. The largest absolute Gasteiger partial charge is 0.295 e. The monoisotopic (exact) mass is 292 g/mol. The summed E-state index contributed by atoms with van der Waals surface area (Å²) in [5.41, 5.74) is 3.76. The Bertz CT molecular complexity index is 560. The molecule has 0 radical (unpaired) electrons. The molecule has 88 valence electrons. The summed E-state index contributed by atoms with van der Waals surface area (Å²) in [5, 5.41) is 5.21. The molecule has 0 saturated carbocycles. The van der Waals surface area contributed by atoms with Crippen molar-refractivity contribution in [3.63, 3.8) is 0 Å². The normalized spacial score (nSPS) is 10.5. The minimum Gasteiger partial charge on any atom is -0.295 e. The van der Waals surface area contributed by atoms with Gasteiger partial charge in [-0.2, -0.15) is 5.10 Å². The smallest absolute Gasteiger partial charge is 0.159 e. The van der Waals surface area contributed by atoms with Gasteiger partial charge >= 0.3 is 0 Å². The second-order valence-electron chi connectivity index (χ2n) is 3.92. The minimum absolute atomic E-state index is 0.0662. The van der Waals surface area contributed by atoms with Crippen LogP contribution in [0, 0.1) is 6.92 Å². The number of alkyl halides is 1. The standard InChI is InChI=1S/C13H13BrN2O/c1-9-12(7-14)8-16(15-9)13-5-3-4-11(6-13)10(2)17/h3-6,8H,7H2,1-2H3. The molecule has 0 unspecified atom stereocenters. The van der Waals surface area contributed by atoms with Gasteiger partial charge in [0.1, 0.15) is 0 Å². The second kappa shape index (κ2) is 4.84. The first-order valence-corrected chi connectivity index (χ1v) is 6.46. The van der Waals surface area contributed by atoms with Gasteiger partial charge in [-0.25, -0.2) is 4.68 Å². The summed E-state index contributed by atoms with van der Waals surface area (Å²) in [6, 6.07) is 7.48. The summed E-state index contributed by atoms with van der Waals surface area (Å²) < 4.78 is 1.80. The molecule has 0 N–H and O–H groups in total. The molecular formula is C13H13BrN2O. The Morgan fingerprint density at radius 2 is 2.24 bits per heavy atom. The van der Waals surface area contributed by atoms with Gasteiger partial charge in [-0.15, -0.1) is 0 Å². The maximum atomic E-state index is 11.3. The number of benzene rings is 1. The number of aromatic nitrogens is 2. The molecule has 4 heteroatoms. The van der Waals surface area contributed by atoms with E-state index < -0.39 is 0 Å². The van der Waals surface area contributed by atoms with Crippen LogP contribution in [0.4, 0.5) is 0 Å². The molecule has 0 spiro atoms. The molecule has 0 fully saturated rings. The lowest BCUT2D eigenvalue weighted by Gasteiger charge is -2.02. The van der Waals surface area contributed by atoms with Gasteiger partial charge in [0, 0.05) is 22.7 Å². The topological polar surface area (TPSA) is 34.9 Å². The summed E-state index contributed by atoms with van der Waals surface area (Å²) in [6.45, 7) is 3.54. The second-order valence-corrected chi connectivity index (χ2v) is 4.49. The number of ketones is 1. The van der Waals surface area contributed by atoms with Crippen LogP contribution in [-0.2, 0) is 5.33 Å². The highest BCUT2D eigenvalue weighted by atomic mass is 79.9. The quantitative estimate of drug-likeness (QED) is 0.643. The molecule has 17 heavy (non-hydrogen) atoms. The number of halogens is 1. The molecule has 0 aliphatic carbocycles. The molecule has 0 aliphatic heterocycles. The molecule has 0 bridgehead atoms. The van der Waals surface area contributed by atoms with Crippen molar-refractivity contribution in [2.24, 2.45) is 0 Å². The van der Waals surface area contributed by atoms with Gasteiger partial charge in [-0.05, 0) is 26.0 Å².